The predicted molar refractivity (Wildman–Crippen MR) is 55.5 cm³/mol. The van der Waals surface area contributed by atoms with Crippen molar-refractivity contribution in [2.24, 2.45) is 5.92 Å². The van der Waals surface area contributed by atoms with E-state index >= 15 is 0 Å². The largest absolute Gasteiger partial charge is 0.469 e. The molecule has 0 radical (unpaired) electrons. The first-order chi connectivity index (χ1) is 7.31. The van der Waals surface area contributed by atoms with Crippen LogP contribution in [-0.2, 0) is 14.3 Å². The van der Waals surface area contributed by atoms with Crippen molar-refractivity contribution in [2.75, 3.05) is 20.3 Å². The van der Waals surface area contributed by atoms with Gasteiger partial charge in [-0.3, -0.25) is 4.79 Å². The Labute approximate surface area is 90.3 Å². The first-order valence-electron chi connectivity index (χ1n) is 5.74. The highest BCUT2D eigenvalue weighted by Crippen LogP contribution is 2.25. The Morgan fingerprint density at radius 2 is 2.33 bits per heavy atom. The van der Waals surface area contributed by atoms with E-state index < -0.39 is 0 Å². The van der Waals surface area contributed by atoms with Gasteiger partial charge in [0, 0.05) is 12.6 Å². The Morgan fingerprint density at radius 3 is 3.00 bits per heavy atom. The number of rotatable bonds is 2. The smallest absolute Gasteiger partial charge is 0.308 e. The molecular formula is C11H19NO3. The van der Waals surface area contributed by atoms with Gasteiger partial charge in [0.1, 0.15) is 0 Å². The number of hydrogen-bond donors (Lipinski definition) is 1. The molecule has 0 aromatic rings. The number of piperidine rings is 1. The number of carbonyl (C=O) groups is 1. The van der Waals surface area contributed by atoms with Crippen LogP contribution >= 0.6 is 0 Å². The van der Waals surface area contributed by atoms with Crippen LogP contribution in [0.5, 0.6) is 0 Å². The van der Waals surface area contributed by atoms with Crippen molar-refractivity contribution in [3.8, 4) is 0 Å². The Bertz CT molecular complexity index is 226. The summed E-state index contributed by atoms with van der Waals surface area (Å²) in [6.07, 6.45) is 4.31. The van der Waals surface area contributed by atoms with Gasteiger partial charge < -0.3 is 14.8 Å². The minimum absolute atomic E-state index is 0.0606. The molecule has 0 saturated carbocycles. The van der Waals surface area contributed by atoms with E-state index in [0.29, 0.717) is 12.1 Å². The van der Waals surface area contributed by atoms with Gasteiger partial charge in [-0.05, 0) is 32.2 Å². The number of esters is 1. The fraction of sp³-hybridized carbons (Fsp3) is 0.909. The minimum Gasteiger partial charge on any atom is -0.469 e. The van der Waals surface area contributed by atoms with E-state index in [-0.39, 0.29) is 11.9 Å². The summed E-state index contributed by atoms with van der Waals surface area (Å²) >= 11 is 0. The van der Waals surface area contributed by atoms with Crippen LogP contribution in [0.2, 0.25) is 0 Å². The molecule has 3 unspecified atom stereocenters. The van der Waals surface area contributed by atoms with Crippen molar-refractivity contribution in [2.45, 2.75) is 37.8 Å². The highest BCUT2D eigenvalue weighted by Gasteiger charge is 2.33. The zero-order chi connectivity index (χ0) is 10.7. The third kappa shape index (κ3) is 2.49. The second kappa shape index (κ2) is 4.94. The van der Waals surface area contributed by atoms with Crippen molar-refractivity contribution in [3.63, 3.8) is 0 Å². The molecule has 1 N–H and O–H groups in total. The molecule has 2 fully saturated rings. The van der Waals surface area contributed by atoms with Crippen LogP contribution < -0.4 is 5.32 Å². The summed E-state index contributed by atoms with van der Waals surface area (Å²) in [6, 6.07) is 0.338. The fourth-order valence-electron chi connectivity index (χ4n) is 2.53. The molecule has 15 heavy (non-hydrogen) atoms. The molecule has 2 aliphatic heterocycles. The van der Waals surface area contributed by atoms with E-state index in [1.165, 1.54) is 7.11 Å². The lowest BCUT2D eigenvalue weighted by atomic mass is 9.89. The van der Waals surface area contributed by atoms with E-state index in [1.54, 1.807) is 0 Å². The first-order valence-corrected chi connectivity index (χ1v) is 5.74. The van der Waals surface area contributed by atoms with Crippen LogP contribution in [-0.4, -0.2) is 38.4 Å². The number of nitrogens with one attached hydrogen (secondary N) is 1. The van der Waals surface area contributed by atoms with Gasteiger partial charge in [-0.2, -0.15) is 0 Å². The van der Waals surface area contributed by atoms with Gasteiger partial charge in [0.15, 0.2) is 0 Å². The normalized spacial score (nSPS) is 36.5. The zero-order valence-electron chi connectivity index (χ0n) is 9.20. The van der Waals surface area contributed by atoms with Crippen molar-refractivity contribution >= 4 is 5.97 Å². The monoisotopic (exact) mass is 213 g/mol. The van der Waals surface area contributed by atoms with Crippen LogP contribution in [0, 0.1) is 5.92 Å². The molecule has 0 spiro atoms. The van der Waals surface area contributed by atoms with Crippen molar-refractivity contribution < 1.29 is 14.3 Å². The predicted octanol–water partition coefficient (Wildman–Crippen LogP) is 0.707. The molecule has 2 heterocycles. The average molecular weight is 213 g/mol. The van der Waals surface area contributed by atoms with Crippen molar-refractivity contribution in [3.05, 3.63) is 0 Å². The Balaban J connectivity index is 1.88. The van der Waals surface area contributed by atoms with Crippen molar-refractivity contribution in [1.82, 2.24) is 5.32 Å². The molecule has 0 aromatic heterocycles. The average Bonchev–Trinajstić information content (AvgIpc) is 2.82. The molecule has 0 amide bonds. The molecule has 4 nitrogen and oxygen atoms in total. The fourth-order valence-corrected chi connectivity index (χ4v) is 2.53. The quantitative estimate of drug-likeness (QED) is 0.686. The highest BCUT2D eigenvalue weighted by molar-refractivity contribution is 5.72. The number of hydrogen-bond acceptors (Lipinski definition) is 4. The lowest BCUT2D eigenvalue weighted by Gasteiger charge is -2.32. The van der Waals surface area contributed by atoms with Crippen LogP contribution in [0.25, 0.3) is 0 Å². The number of ether oxygens (including phenoxy) is 2. The maximum atomic E-state index is 11.4. The maximum absolute atomic E-state index is 11.4. The first kappa shape index (κ1) is 10.9. The van der Waals surface area contributed by atoms with E-state index in [1.807, 2.05) is 0 Å². The molecular weight excluding hydrogens is 194 g/mol. The Morgan fingerprint density at radius 1 is 1.47 bits per heavy atom. The van der Waals surface area contributed by atoms with E-state index in [0.717, 1.165) is 38.8 Å². The highest BCUT2D eigenvalue weighted by atomic mass is 16.5. The third-order valence-corrected chi connectivity index (χ3v) is 3.39. The summed E-state index contributed by atoms with van der Waals surface area (Å²) < 4.78 is 10.4. The molecule has 0 aromatic carbocycles. The second-order valence-corrected chi connectivity index (χ2v) is 4.36. The molecule has 2 rings (SSSR count). The van der Waals surface area contributed by atoms with Gasteiger partial charge >= 0.3 is 5.97 Å². The summed E-state index contributed by atoms with van der Waals surface area (Å²) in [5.74, 6) is -0.00931. The lowest BCUT2D eigenvalue weighted by Crippen LogP contribution is -2.47. The summed E-state index contributed by atoms with van der Waals surface area (Å²) in [5, 5.41) is 3.44. The van der Waals surface area contributed by atoms with Crippen LogP contribution in [0.1, 0.15) is 25.7 Å². The van der Waals surface area contributed by atoms with Gasteiger partial charge in [-0.15, -0.1) is 0 Å². The standard InChI is InChI=1S/C11H19NO3/c1-14-11(13)8-4-5-12-9(7-8)10-3-2-6-15-10/h8-10,12H,2-7H2,1H3. The summed E-state index contributed by atoms with van der Waals surface area (Å²) in [7, 11) is 1.46. The Kier molecular flexibility index (Phi) is 3.59. The zero-order valence-corrected chi connectivity index (χ0v) is 9.20. The minimum atomic E-state index is -0.0699. The second-order valence-electron chi connectivity index (χ2n) is 4.36. The van der Waals surface area contributed by atoms with E-state index in [2.05, 4.69) is 5.32 Å². The number of methoxy groups -OCH3 is 1. The van der Waals surface area contributed by atoms with Gasteiger partial charge in [0.2, 0.25) is 0 Å². The maximum Gasteiger partial charge on any atom is 0.308 e. The van der Waals surface area contributed by atoms with Crippen LogP contribution in [0.4, 0.5) is 0 Å². The molecule has 2 saturated heterocycles. The molecule has 3 atom stereocenters. The van der Waals surface area contributed by atoms with Gasteiger partial charge in [0.05, 0.1) is 19.1 Å². The van der Waals surface area contributed by atoms with Crippen LogP contribution in [0.3, 0.4) is 0 Å². The van der Waals surface area contributed by atoms with E-state index in [9.17, 15) is 4.79 Å². The molecule has 0 aliphatic carbocycles. The van der Waals surface area contributed by atoms with E-state index in [4.69, 9.17) is 9.47 Å². The molecule has 86 valence electrons. The third-order valence-electron chi connectivity index (χ3n) is 3.39. The topological polar surface area (TPSA) is 47.6 Å². The van der Waals surface area contributed by atoms with Gasteiger partial charge in [-0.25, -0.2) is 0 Å². The molecule has 4 heteroatoms. The molecule has 0 bridgehead atoms. The Hall–Kier alpha value is -0.610. The number of carbonyl (C=O) groups excluding carboxylic acids is 1. The van der Waals surface area contributed by atoms with Crippen LogP contribution in [0.15, 0.2) is 0 Å². The summed E-state index contributed by atoms with van der Waals surface area (Å²) in [5.41, 5.74) is 0. The van der Waals surface area contributed by atoms with Gasteiger partial charge in [-0.1, -0.05) is 0 Å². The lowest BCUT2D eigenvalue weighted by molar-refractivity contribution is -0.147. The SMILES string of the molecule is COC(=O)C1CCNC(C2CCCO2)C1. The van der Waals surface area contributed by atoms with Crippen molar-refractivity contribution in [1.29, 1.82) is 0 Å². The van der Waals surface area contributed by atoms with Gasteiger partial charge in [0.25, 0.3) is 0 Å². The summed E-state index contributed by atoms with van der Waals surface area (Å²) in [6.45, 7) is 1.76. The molecule has 2 aliphatic rings. The summed E-state index contributed by atoms with van der Waals surface area (Å²) in [4.78, 5) is 11.4.